The summed E-state index contributed by atoms with van der Waals surface area (Å²) in [5, 5.41) is 1.90. The summed E-state index contributed by atoms with van der Waals surface area (Å²) in [6.45, 7) is 0.543. The van der Waals surface area contributed by atoms with Crippen LogP contribution in [-0.4, -0.2) is 49.7 Å². The number of methoxy groups -OCH3 is 2. The number of hydrogen-bond acceptors (Lipinski definition) is 7. The first-order chi connectivity index (χ1) is 14.6. The van der Waals surface area contributed by atoms with Gasteiger partial charge in [0.15, 0.2) is 23.1 Å². The molecule has 7 nitrogen and oxygen atoms in total. The molecule has 4 rings (SSSR count). The molecule has 4 aromatic rings. The van der Waals surface area contributed by atoms with Crippen molar-refractivity contribution in [2.75, 3.05) is 34.9 Å². The SMILES string of the molecule is COc1ccc2c(C(CCN)N(C)C)nc(-c3cc4ccccc4o3)nc2c1OC. The lowest BCUT2D eigenvalue weighted by atomic mass is 10.0. The van der Waals surface area contributed by atoms with E-state index in [1.807, 2.05) is 56.6 Å². The van der Waals surface area contributed by atoms with Crippen LogP contribution in [0.15, 0.2) is 46.9 Å². The van der Waals surface area contributed by atoms with Crippen molar-refractivity contribution in [2.24, 2.45) is 5.73 Å². The highest BCUT2D eigenvalue weighted by atomic mass is 16.5. The van der Waals surface area contributed by atoms with Gasteiger partial charge < -0.3 is 24.5 Å². The monoisotopic (exact) mass is 406 g/mol. The molecule has 2 N–H and O–H groups in total. The van der Waals surface area contributed by atoms with E-state index >= 15 is 0 Å². The number of nitrogens with zero attached hydrogens (tertiary/aromatic N) is 3. The normalized spacial score (nSPS) is 12.6. The molecule has 0 bridgehead atoms. The molecule has 0 saturated heterocycles. The smallest absolute Gasteiger partial charge is 0.196 e. The highest BCUT2D eigenvalue weighted by Gasteiger charge is 2.24. The van der Waals surface area contributed by atoms with Crippen molar-refractivity contribution in [3.05, 3.63) is 48.2 Å². The first-order valence-corrected chi connectivity index (χ1v) is 9.85. The largest absolute Gasteiger partial charge is 0.493 e. The number of fused-ring (bicyclic) bond motifs is 2. The molecular weight excluding hydrogens is 380 g/mol. The molecule has 156 valence electrons. The molecule has 2 heterocycles. The van der Waals surface area contributed by atoms with Gasteiger partial charge in [-0.1, -0.05) is 18.2 Å². The average Bonchev–Trinajstić information content (AvgIpc) is 3.20. The van der Waals surface area contributed by atoms with Gasteiger partial charge in [-0.25, -0.2) is 9.97 Å². The molecule has 7 heteroatoms. The van der Waals surface area contributed by atoms with Gasteiger partial charge in [0.25, 0.3) is 0 Å². The fourth-order valence-corrected chi connectivity index (χ4v) is 3.79. The molecule has 1 atom stereocenters. The van der Waals surface area contributed by atoms with Gasteiger partial charge in [0.2, 0.25) is 0 Å². The first kappa shape index (κ1) is 20.1. The lowest BCUT2D eigenvalue weighted by molar-refractivity contribution is 0.283. The molecule has 0 radical (unpaired) electrons. The highest BCUT2D eigenvalue weighted by molar-refractivity contribution is 5.91. The standard InChI is InChI=1S/C23H26N4O3/c1-27(2)16(11-12-24)20-15-9-10-18(28-3)22(29-4)21(15)26-23(25-20)19-13-14-7-5-6-8-17(14)30-19/h5-10,13,16H,11-12,24H2,1-4H3. The number of furan rings is 1. The molecule has 0 aliphatic carbocycles. The van der Waals surface area contributed by atoms with Crippen LogP contribution >= 0.6 is 0 Å². The van der Waals surface area contributed by atoms with E-state index in [1.54, 1.807) is 14.2 Å². The fourth-order valence-electron chi connectivity index (χ4n) is 3.79. The van der Waals surface area contributed by atoms with Crippen molar-refractivity contribution in [1.82, 2.24) is 14.9 Å². The van der Waals surface area contributed by atoms with Gasteiger partial charge in [0, 0.05) is 10.8 Å². The topological polar surface area (TPSA) is 86.6 Å². The van der Waals surface area contributed by atoms with E-state index in [1.165, 1.54) is 0 Å². The van der Waals surface area contributed by atoms with Crippen molar-refractivity contribution in [3.63, 3.8) is 0 Å². The van der Waals surface area contributed by atoms with E-state index in [9.17, 15) is 0 Å². The Hall–Kier alpha value is -3.16. The Kier molecular flexibility index (Phi) is 5.57. The molecule has 0 aliphatic heterocycles. The lowest BCUT2D eigenvalue weighted by Crippen LogP contribution is -2.24. The molecule has 1 unspecified atom stereocenters. The Morgan fingerprint density at radius 1 is 1.07 bits per heavy atom. The number of rotatable bonds is 7. The molecule has 2 aromatic heterocycles. The zero-order valence-corrected chi connectivity index (χ0v) is 17.7. The summed E-state index contributed by atoms with van der Waals surface area (Å²) in [5.74, 6) is 2.30. The van der Waals surface area contributed by atoms with Crippen LogP contribution in [0.3, 0.4) is 0 Å². The van der Waals surface area contributed by atoms with Crippen molar-refractivity contribution < 1.29 is 13.9 Å². The molecule has 30 heavy (non-hydrogen) atoms. The van der Waals surface area contributed by atoms with Gasteiger partial charge in [-0.05, 0) is 51.3 Å². The van der Waals surface area contributed by atoms with Crippen LogP contribution < -0.4 is 15.2 Å². The van der Waals surface area contributed by atoms with Crippen LogP contribution in [0.2, 0.25) is 0 Å². The molecule has 0 aliphatic rings. The molecular formula is C23H26N4O3. The Morgan fingerprint density at radius 2 is 1.87 bits per heavy atom. The number of ether oxygens (including phenoxy) is 2. The van der Waals surface area contributed by atoms with Crippen molar-refractivity contribution in [1.29, 1.82) is 0 Å². The second-order valence-electron chi connectivity index (χ2n) is 7.33. The summed E-state index contributed by atoms with van der Waals surface area (Å²) in [4.78, 5) is 11.9. The van der Waals surface area contributed by atoms with Crippen molar-refractivity contribution >= 4 is 21.9 Å². The fraction of sp³-hybridized carbons (Fsp3) is 0.304. The summed E-state index contributed by atoms with van der Waals surface area (Å²) >= 11 is 0. The van der Waals surface area contributed by atoms with Crippen LogP contribution in [0.4, 0.5) is 0 Å². The molecule has 0 spiro atoms. The quantitative estimate of drug-likeness (QED) is 0.496. The van der Waals surface area contributed by atoms with Gasteiger partial charge in [0.1, 0.15) is 11.1 Å². The van der Waals surface area contributed by atoms with Gasteiger partial charge in [0.05, 0.1) is 26.0 Å². The summed E-state index contributed by atoms with van der Waals surface area (Å²) in [7, 11) is 7.28. The van der Waals surface area contributed by atoms with E-state index in [0.717, 1.165) is 28.5 Å². The molecule has 0 amide bonds. The Labute approximate surface area is 175 Å². The van der Waals surface area contributed by atoms with E-state index in [0.29, 0.717) is 35.1 Å². The zero-order valence-electron chi connectivity index (χ0n) is 17.7. The van der Waals surface area contributed by atoms with E-state index in [2.05, 4.69) is 4.90 Å². The van der Waals surface area contributed by atoms with Crippen LogP contribution in [0, 0.1) is 0 Å². The maximum Gasteiger partial charge on any atom is 0.196 e. The van der Waals surface area contributed by atoms with Gasteiger partial charge in [-0.2, -0.15) is 0 Å². The second kappa shape index (κ2) is 8.30. The third-order valence-corrected chi connectivity index (χ3v) is 5.26. The summed E-state index contributed by atoms with van der Waals surface area (Å²) in [6, 6.07) is 13.7. The Bertz CT molecular complexity index is 1150. The third kappa shape index (κ3) is 3.46. The lowest BCUT2D eigenvalue weighted by Gasteiger charge is -2.25. The van der Waals surface area contributed by atoms with Gasteiger partial charge >= 0.3 is 0 Å². The zero-order chi connectivity index (χ0) is 21.3. The van der Waals surface area contributed by atoms with E-state index < -0.39 is 0 Å². The number of para-hydroxylation sites is 1. The number of benzene rings is 2. The Balaban J connectivity index is 2.02. The molecule has 2 aromatic carbocycles. The summed E-state index contributed by atoms with van der Waals surface area (Å²) in [6.07, 6.45) is 0.757. The van der Waals surface area contributed by atoms with Gasteiger partial charge in [-0.15, -0.1) is 0 Å². The predicted octanol–water partition coefficient (Wildman–Crippen LogP) is 4.01. The minimum atomic E-state index is 0.0155. The first-order valence-electron chi connectivity index (χ1n) is 9.85. The van der Waals surface area contributed by atoms with Crippen LogP contribution in [0.5, 0.6) is 11.5 Å². The summed E-state index contributed by atoms with van der Waals surface area (Å²) in [5.41, 5.74) is 8.27. The predicted molar refractivity (Wildman–Crippen MR) is 118 cm³/mol. The van der Waals surface area contributed by atoms with Crippen molar-refractivity contribution in [3.8, 4) is 23.1 Å². The van der Waals surface area contributed by atoms with Gasteiger partial charge in [-0.3, -0.25) is 0 Å². The average molecular weight is 406 g/mol. The van der Waals surface area contributed by atoms with Crippen LogP contribution in [0.25, 0.3) is 33.5 Å². The number of hydrogen-bond donors (Lipinski definition) is 1. The van der Waals surface area contributed by atoms with Crippen LogP contribution in [-0.2, 0) is 0 Å². The highest BCUT2D eigenvalue weighted by Crippen LogP contribution is 2.39. The summed E-state index contributed by atoms with van der Waals surface area (Å²) < 4.78 is 17.2. The molecule has 0 fully saturated rings. The third-order valence-electron chi connectivity index (χ3n) is 5.26. The minimum Gasteiger partial charge on any atom is -0.493 e. The van der Waals surface area contributed by atoms with Crippen molar-refractivity contribution in [2.45, 2.75) is 12.5 Å². The minimum absolute atomic E-state index is 0.0155. The number of nitrogens with two attached hydrogens (primary N) is 1. The van der Waals surface area contributed by atoms with Crippen LogP contribution in [0.1, 0.15) is 18.2 Å². The molecule has 0 saturated carbocycles. The maximum atomic E-state index is 6.05. The maximum absolute atomic E-state index is 6.05. The van der Waals surface area contributed by atoms with E-state index in [4.69, 9.17) is 29.6 Å². The Morgan fingerprint density at radius 3 is 2.53 bits per heavy atom. The second-order valence-corrected chi connectivity index (χ2v) is 7.33. The van der Waals surface area contributed by atoms with E-state index in [-0.39, 0.29) is 6.04 Å². The number of aromatic nitrogens is 2.